The SMILES string of the molecule is [2H]c1c([2H])c([2H])c2c(oc3c([2H])c([2H])c([2H])c(-c4c5ccccc5c(-c5ccc6ccccc6c5)c5ccccc45)c32)c1[2H]. The predicted octanol–water partition coefficient (Wildman–Crippen LogP) is 10.4. The highest BCUT2D eigenvalue weighted by Crippen LogP contribution is 2.46. The van der Waals surface area contributed by atoms with E-state index in [4.69, 9.17) is 12.6 Å². The Morgan fingerprint density at radius 1 is 0.486 bits per heavy atom. The standard InChI is InChI=1S/C36H22O/c1-2-11-24-22-25(21-20-23(24)10-1)34-26-12-3-5-14-28(26)35(29-15-6-4-13-27(29)34)31-17-9-19-33-36(31)30-16-7-8-18-32(30)37-33/h1-22H/i7D,8D,9D,16D,17D,18D,19D. The predicted molar refractivity (Wildman–Crippen MR) is 157 cm³/mol. The van der Waals surface area contributed by atoms with Crippen molar-refractivity contribution in [1.82, 2.24) is 0 Å². The lowest BCUT2D eigenvalue weighted by atomic mass is 9.84. The fourth-order valence-corrected chi connectivity index (χ4v) is 5.60. The third kappa shape index (κ3) is 2.98. The molecule has 1 aromatic heterocycles. The van der Waals surface area contributed by atoms with Gasteiger partial charge in [-0.25, -0.2) is 0 Å². The zero-order chi connectivity index (χ0) is 30.4. The van der Waals surface area contributed by atoms with Crippen LogP contribution in [0.1, 0.15) is 9.60 Å². The van der Waals surface area contributed by atoms with Crippen molar-refractivity contribution in [3.8, 4) is 22.3 Å². The van der Waals surface area contributed by atoms with Gasteiger partial charge in [-0.3, -0.25) is 0 Å². The molecule has 0 amide bonds. The Kier molecular flexibility index (Phi) is 3.09. The number of para-hydroxylation sites is 1. The molecule has 8 aromatic rings. The van der Waals surface area contributed by atoms with Crippen LogP contribution in [0, 0.1) is 0 Å². The fourth-order valence-electron chi connectivity index (χ4n) is 5.60. The van der Waals surface area contributed by atoms with Gasteiger partial charge in [0.2, 0.25) is 0 Å². The van der Waals surface area contributed by atoms with Gasteiger partial charge in [0, 0.05) is 10.8 Å². The molecule has 7 aromatic carbocycles. The second kappa shape index (κ2) is 7.81. The molecule has 0 aliphatic carbocycles. The maximum atomic E-state index is 9.21. The summed E-state index contributed by atoms with van der Waals surface area (Å²) < 4.78 is 66.5. The van der Waals surface area contributed by atoms with E-state index in [1.807, 2.05) is 60.7 Å². The van der Waals surface area contributed by atoms with Crippen LogP contribution in [0.25, 0.3) is 76.5 Å². The minimum atomic E-state index is -0.442. The summed E-state index contributed by atoms with van der Waals surface area (Å²) in [6, 6.07) is 28.0. The topological polar surface area (TPSA) is 13.1 Å². The zero-order valence-electron chi connectivity index (χ0n) is 26.6. The molecule has 0 N–H and O–H groups in total. The first kappa shape index (κ1) is 14.6. The van der Waals surface area contributed by atoms with Gasteiger partial charge >= 0.3 is 0 Å². The second-order valence-corrected chi connectivity index (χ2v) is 9.16. The fraction of sp³-hybridized carbons (Fsp3) is 0. The first-order chi connectivity index (χ1) is 21.3. The van der Waals surface area contributed by atoms with E-state index in [9.17, 15) is 1.37 Å². The third-order valence-corrected chi connectivity index (χ3v) is 7.17. The van der Waals surface area contributed by atoms with Gasteiger partial charge in [-0.2, -0.15) is 0 Å². The molecule has 0 bridgehead atoms. The molecule has 8 rings (SSSR count). The molecule has 0 saturated heterocycles. The van der Waals surface area contributed by atoms with Crippen molar-refractivity contribution in [3.05, 3.63) is 133 Å². The summed E-state index contributed by atoms with van der Waals surface area (Å²) in [6.07, 6.45) is 0. The van der Waals surface area contributed by atoms with Gasteiger partial charge in [0.15, 0.2) is 0 Å². The summed E-state index contributed by atoms with van der Waals surface area (Å²) in [4.78, 5) is 0. The molecule has 0 atom stereocenters. The highest BCUT2D eigenvalue weighted by atomic mass is 16.3. The number of fused-ring (bicyclic) bond motifs is 6. The summed E-state index contributed by atoms with van der Waals surface area (Å²) in [5.74, 6) is 0. The van der Waals surface area contributed by atoms with Crippen molar-refractivity contribution in [2.45, 2.75) is 0 Å². The van der Waals surface area contributed by atoms with Crippen molar-refractivity contribution in [3.63, 3.8) is 0 Å². The van der Waals surface area contributed by atoms with E-state index in [2.05, 4.69) is 30.3 Å². The number of rotatable bonds is 2. The summed E-state index contributed by atoms with van der Waals surface area (Å²) in [6.45, 7) is 0. The molecule has 0 spiro atoms. The van der Waals surface area contributed by atoms with Crippen LogP contribution in [0.5, 0.6) is 0 Å². The molecule has 0 aliphatic heterocycles. The minimum absolute atomic E-state index is 0.0326. The molecule has 1 heteroatoms. The highest BCUT2D eigenvalue weighted by Gasteiger charge is 2.20. The molecule has 0 radical (unpaired) electrons. The Morgan fingerprint density at radius 2 is 1.11 bits per heavy atom. The molecule has 0 saturated carbocycles. The largest absolute Gasteiger partial charge is 0.456 e. The summed E-state index contributed by atoms with van der Waals surface area (Å²) in [7, 11) is 0. The monoisotopic (exact) mass is 477 g/mol. The highest BCUT2D eigenvalue weighted by molar-refractivity contribution is 6.25. The average molecular weight is 478 g/mol. The number of hydrogen-bond donors (Lipinski definition) is 0. The first-order valence-electron chi connectivity index (χ1n) is 15.6. The van der Waals surface area contributed by atoms with Crippen LogP contribution in [0.2, 0.25) is 0 Å². The van der Waals surface area contributed by atoms with Crippen LogP contribution in [0.4, 0.5) is 0 Å². The van der Waals surface area contributed by atoms with Crippen molar-refractivity contribution >= 4 is 54.3 Å². The normalized spacial score (nSPS) is 14.4. The van der Waals surface area contributed by atoms with Gasteiger partial charge in [-0.05, 0) is 72.7 Å². The average Bonchev–Trinajstić information content (AvgIpc) is 3.45. The third-order valence-electron chi connectivity index (χ3n) is 7.17. The van der Waals surface area contributed by atoms with Gasteiger partial charge in [-0.15, -0.1) is 0 Å². The number of hydrogen-bond acceptors (Lipinski definition) is 1. The number of furan rings is 1. The minimum Gasteiger partial charge on any atom is -0.456 e. The molecule has 0 fully saturated rings. The van der Waals surface area contributed by atoms with E-state index in [-0.39, 0.29) is 52.2 Å². The van der Waals surface area contributed by atoms with Gasteiger partial charge in [0.1, 0.15) is 11.2 Å². The molecule has 0 unspecified atom stereocenters. The van der Waals surface area contributed by atoms with Crippen LogP contribution >= 0.6 is 0 Å². The van der Waals surface area contributed by atoms with Gasteiger partial charge < -0.3 is 4.42 Å². The second-order valence-electron chi connectivity index (χ2n) is 9.16. The maximum absolute atomic E-state index is 9.21. The van der Waals surface area contributed by atoms with Gasteiger partial charge in [0.05, 0.1) is 9.60 Å². The summed E-state index contributed by atoms with van der Waals surface area (Å²) >= 11 is 0. The van der Waals surface area contributed by atoms with E-state index in [0.717, 1.165) is 43.4 Å². The Bertz CT molecular complexity index is 2470. The molecular weight excluding hydrogens is 448 g/mol. The smallest absolute Gasteiger partial charge is 0.136 e. The Hall–Kier alpha value is -4.88. The quantitative estimate of drug-likeness (QED) is 0.226. The van der Waals surface area contributed by atoms with Gasteiger partial charge in [0.25, 0.3) is 0 Å². The molecule has 1 heterocycles. The number of benzene rings is 7. The van der Waals surface area contributed by atoms with Crippen molar-refractivity contribution in [1.29, 1.82) is 0 Å². The molecule has 172 valence electrons. The molecule has 0 aliphatic rings. The van der Waals surface area contributed by atoms with Crippen LogP contribution in [-0.2, 0) is 0 Å². The lowest BCUT2D eigenvalue weighted by molar-refractivity contribution is 0.669. The summed E-state index contributed by atoms with van der Waals surface area (Å²) in [5, 5.41) is 6.09. The van der Waals surface area contributed by atoms with Crippen LogP contribution in [-0.4, -0.2) is 0 Å². The molecule has 1 nitrogen and oxygen atoms in total. The first-order valence-corrected chi connectivity index (χ1v) is 12.1. The van der Waals surface area contributed by atoms with Crippen LogP contribution < -0.4 is 0 Å². The van der Waals surface area contributed by atoms with E-state index in [1.54, 1.807) is 0 Å². The molecule has 37 heavy (non-hydrogen) atoms. The Labute approximate surface area is 224 Å². The van der Waals surface area contributed by atoms with E-state index in [0.29, 0.717) is 11.1 Å². The Morgan fingerprint density at radius 3 is 1.86 bits per heavy atom. The molecular formula is C36H22O. The lowest BCUT2D eigenvalue weighted by Gasteiger charge is -2.18. The van der Waals surface area contributed by atoms with E-state index in [1.165, 1.54) is 0 Å². The van der Waals surface area contributed by atoms with Gasteiger partial charge in [-0.1, -0.05) is 115 Å². The lowest BCUT2D eigenvalue weighted by Crippen LogP contribution is -1.91. The van der Waals surface area contributed by atoms with E-state index < -0.39 is 12.1 Å². The van der Waals surface area contributed by atoms with Crippen molar-refractivity contribution in [2.75, 3.05) is 0 Å². The van der Waals surface area contributed by atoms with Crippen molar-refractivity contribution in [2.24, 2.45) is 0 Å². The van der Waals surface area contributed by atoms with E-state index >= 15 is 0 Å². The van der Waals surface area contributed by atoms with Crippen molar-refractivity contribution < 1.29 is 14.0 Å². The summed E-state index contributed by atoms with van der Waals surface area (Å²) in [5.41, 5.74) is 2.89. The Balaban J connectivity index is 1.61. The van der Waals surface area contributed by atoms with Crippen LogP contribution in [0.3, 0.4) is 0 Å². The van der Waals surface area contributed by atoms with Crippen LogP contribution in [0.15, 0.2) is 138 Å². The zero-order valence-corrected chi connectivity index (χ0v) is 19.6. The maximum Gasteiger partial charge on any atom is 0.136 e.